The second-order valence-corrected chi connectivity index (χ2v) is 7.50. The zero-order chi connectivity index (χ0) is 18.8. The van der Waals surface area contributed by atoms with E-state index in [2.05, 4.69) is 13.8 Å². The van der Waals surface area contributed by atoms with E-state index in [4.69, 9.17) is 16.3 Å². The van der Waals surface area contributed by atoms with Crippen LogP contribution in [0.4, 0.5) is 0 Å². The molecule has 0 amide bonds. The average molecular weight is 375 g/mol. The number of carbonyl (C=O) groups excluding carboxylic acids is 2. The molecule has 0 aromatic carbocycles. The Hall–Kier alpha value is -0.570. The van der Waals surface area contributed by atoms with Crippen molar-refractivity contribution in [2.45, 2.75) is 110 Å². The Morgan fingerprint density at radius 3 is 1.96 bits per heavy atom. The molecule has 0 aliphatic heterocycles. The van der Waals surface area contributed by atoms with Gasteiger partial charge in [-0.05, 0) is 37.3 Å². The number of hydrogen-bond donors (Lipinski definition) is 0. The maximum absolute atomic E-state index is 12.3. The second kappa shape index (κ2) is 18.2. The molecule has 0 radical (unpaired) electrons. The molecule has 0 saturated heterocycles. The van der Waals surface area contributed by atoms with Crippen molar-refractivity contribution >= 4 is 22.8 Å². The molecule has 0 saturated carbocycles. The van der Waals surface area contributed by atoms with Crippen molar-refractivity contribution in [3.63, 3.8) is 0 Å². The lowest BCUT2D eigenvalue weighted by Crippen LogP contribution is -2.18. The molecule has 0 heterocycles. The number of unbranched alkanes of at least 4 members (excludes halogenated alkanes) is 9. The number of hydrogen-bond acceptors (Lipinski definition) is 3. The Morgan fingerprint density at radius 2 is 1.32 bits per heavy atom. The summed E-state index contributed by atoms with van der Waals surface area (Å²) in [6, 6.07) is 0. The highest BCUT2D eigenvalue weighted by Crippen LogP contribution is 2.19. The summed E-state index contributed by atoms with van der Waals surface area (Å²) in [5.41, 5.74) is 0. The molecule has 0 fully saturated rings. The topological polar surface area (TPSA) is 43.4 Å². The minimum atomic E-state index is -0.237. The van der Waals surface area contributed by atoms with Crippen molar-refractivity contribution < 1.29 is 14.3 Å². The standard InChI is InChI=1S/C21H39ClO3/c1-3-5-7-12-16-19(15-6-4-2)21(24)25-18-14-11-9-8-10-13-17-20(22)23/h19H,3-18H2,1-2H3. The molecular formula is C21H39ClO3. The van der Waals surface area contributed by atoms with Crippen molar-refractivity contribution in [2.75, 3.05) is 6.61 Å². The summed E-state index contributed by atoms with van der Waals surface area (Å²) in [4.78, 5) is 22.9. The van der Waals surface area contributed by atoms with Crippen LogP contribution in [-0.2, 0) is 14.3 Å². The number of carbonyl (C=O) groups is 2. The fourth-order valence-corrected chi connectivity index (χ4v) is 3.15. The van der Waals surface area contributed by atoms with Crippen LogP contribution in [0.3, 0.4) is 0 Å². The van der Waals surface area contributed by atoms with Gasteiger partial charge < -0.3 is 4.74 Å². The Labute approximate surface area is 160 Å². The smallest absolute Gasteiger partial charge is 0.308 e. The Kier molecular flexibility index (Phi) is 17.8. The third-order valence-electron chi connectivity index (χ3n) is 4.66. The molecule has 0 aliphatic carbocycles. The summed E-state index contributed by atoms with van der Waals surface area (Å²) in [5.74, 6) is 0.121. The lowest BCUT2D eigenvalue weighted by Gasteiger charge is -2.15. The molecule has 4 heteroatoms. The molecule has 0 aromatic rings. The van der Waals surface area contributed by atoms with Gasteiger partial charge in [-0.1, -0.05) is 78.1 Å². The maximum Gasteiger partial charge on any atom is 0.308 e. The molecule has 1 atom stereocenters. The minimum Gasteiger partial charge on any atom is -0.465 e. The van der Waals surface area contributed by atoms with E-state index in [9.17, 15) is 9.59 Å². The fraction of sp³-hybridized carbons (Fsp3) is 0.905. The van der Waals surface area contributed by atoms with Gasteiger partial charge >= 0.3 is 5.97 Å². The van der Waals surface area contributed by atoms with Gasteiger partial charge in [-0.15, -0.1) is 0 Å². The van der Waals surface area contributed by atoms with Crippen LogP contribution in [0.15, 0.2) is 0 Å². The predicted octanol–water partition coefficient (Wildman–Crippen LogP) is 6.80. The molecule has 25 heavy (non-hydrogen) atoms. The van der Waals surface area contributed by atoms with Crippen molar-refractivity contribution in [1.82, 2.24) is 0 Å². The Balaban J connectivity index is 3.72. The molecule has 1 unspecified atom stereocenters. The third-order valence-corrected chi connectivity index (χ3v) is 4.85. The van der Waals surface area contributed by atoms with E-state index in [1.54, 1.807) is 0 Å². The lowest BCUT2D eigenvalue weighted by molar-refractivity contribution is -0.149. The van der Waals surface area contributed by atoms with Crippen molar-refractivity contribution in [3.05, 3.63) is 0 Å². The van der Waals surface area contributed by atoms with Crippen LogP contribution in [0, 0.1) is 5.92 Å². The van der Waals surface area contributed by atoms with E-state index in [0.29, 0.717) is 13.0 Å². The quantitative estimate of drug-likeness (QED) is 0.150. The van der Waals surface area contributed by atoms with Crippen LogP contribution < -0.4 is 0 Å². The van der Waals surface area contributed by atoms with Gasteiger partial charge in [0.2, 0.25) is 5.24 Å². The van der Waals surface area contributed by atoms with Crippen molar-refractivity contribution in [1.29, 1.82) is 0 Å². The lowest BCUT2D eigenvalue weighted by atomic mass is 9.95. The highest BCUT2D eigenvalue weighted by atomic mass is 35.5. The summed E-state index contributed by atoms with van der Waals surface area (Å²) < 4.78 is 5.52. The summed E-state index contributed by atoms with van der Waals surface area (Å²) in [6.45, 7) is 4.93. The number of esters is 1. The molecule has 0 spiro atoms. The molecular weight excluding hydrogens is 336 g/mol. The van der Waals surface area contributed by atoms with E-state index in [1.165, 1.54) is 19.3 Å². The van der Waals surface area contributed by atoms with Crippen LogP contribution >= 0.6 is 11.6 Å². The van der Waals surface area contributed by atoms with Gasteiger partial charge in [0.25, 0.3) is 0 Å². The molecule has 148 valence electrons. The molecule has 0 rings (SSSR count). The zero-order valence-electron chi connectivity index (χ0n) is 16.5. The molecule has 0 bridgehead atoms. The van der Waals surface area contributed by atoms with Gasteiger partial charge in [0.15, 0.2) is 0 Å². The molecule has 0 aromatic heterocycles. The van der Waals surface area contributed by atoms with Gasteiger partial charge in [0, 0.05) is 6.42 Å². The van der Waals surface area contributed by atoms with E-state index < -0.39 is 0 Å². The largest absolute Gasteiger partial charge is 0.465 e. The van der Waals surface area contributed by atoms with Gasteiger partial charge in [0.05, 0.1) is 12.5 Å². The van der Waals surface area contributed by atoms with Crippen LogP contribution in [0.25, 0.3) is 0 Å². The number of rotatable bonds is 18. The summed E-state index contributed by atoms with van der Waals surface area (Å²) in [5, 5.41) is -0.237. The van der Waals surface area contributed by atoms with Crippen LogP contribution in [0.1, 0.15) is 110 Å². The van der Waals surface area contributed by atoms with Gasteiger partial charge in [-0.2, -0.15) is 0 Å². The highest BCUT2D eigenvalue weighted by Gasteiger charge is 2.18. The summed E-state index contributed by atoms with van der Waals surface area (Å²) >= 11 is 5.31. The van der Waals surface area contributed by atoms with E-state index >= 15 is 0 Å². The first-order valence-electron chi connectivity index (χ1n) is 10.5. The number of ether oxygens (including phenoxy) is 1. The van der Waals surface area contributed by atoms with Crippen molar-refractivity contribution in [3.8, 4) is 0 Å². The first-order chi connectivity index (χ1) is 12.1. The normalized spacial score (nSPS) is 12.1. The van der Waals surface area contributed by atoms with Crippen LogP contribution in [0.2, 0.25) is 0 Å². The molecule has 0 aliphatic rings. The predicted molar refractivity (Wildman–Crippen MR) is 106 cm³/mol. The Morgan fingerprint density at radius 1 is 0.760 bits per heavy atom. The Bertz CT molecular complexity index is 331. The first-order valence-corrected chi connectivity index (χ1v) is 10.8. The SMILES string of the molecule is CCCCCCC(CCCC)C(=O)OCCCCCCCCC(=O)Cl. The summed E-state index contributed by atoms with van der Waals surface area (Å²) in [7, 11) is 0. The third kappa shape index (κ3) is 16.6. The van der Waals surface area contributed by atoms with E-state index in [1.807, 2.05) is 0 Å². The zero-order valence-corrected chi connectivity index (χ0v) is 17.2. The minimum absolute atomic E-state index is 0.0190. The summed E-state index contributed by atoms with van der Waals surface area (Å²) in [6.07, 6.45) is 15.7. The number of halogens is 1. The highest BCUT2D eigenvalue weighted by molar-refractivity contribution is 6.63. The van der Waals surface area contributed by atoms with Gasteiger partial charge in [-0.25, -0.2) is 0 Å². The molecule has 0 N–H and O–H groups in total. The van der Waals surface area contributed by atoms with Crippen LogP contribution in [0.5, 0.6) is 0 Å². The molecule has 3 nitrogen and oxygen atoms in total. The second-order valence-electron chi connectivity index (χ2n) is 7.08. The fourth-order valence-electron chi connectivity index (χ4n) is 3.01. The van der Waals surface area contributed by atoms with Crippen LogP contribution in [-0.4, -0.2) is 17.8 Å². The first kappa shape index (κ1) is 24.4. The van der Waals surface area contributed by atoms with Gasteiger partial charge in [0.1, 0.15) is 0 Å². The average Bonchev–Trinajstić information content (AvgIpc) is 2.59. The maximum atomic E-state index is 12.3. The van der Waals surface area contributed by atoms with E-state index in [0.717, 1.165) is 70.6 Å². The van der Waals surface area contributed by atoms with Crippen molar-refractivity contribution in [2.24, 2.45) is 5.92 Å². The monoisotopic (exact) mass is 374 g/mol. The van der Waals surface area contributed by atoms with E-state index in [-0.39, 0.29) is 17.1 Å². The van der Waals surface area contributed by atoms with Gasteiger partial charge in [-0.3, -0.25) is 9.59 Å².